The molecule has 48 heavy (non-hydrogen) atoms. The molecular formula is C37H47F2N3O6. The molecule has 3 unspecified atom stereocenters. The van der Waals surface area contributed by atoms with Gasteiger partial charge in [-0.15, -0.1) is 0 Å². The van der Waals surface area contributed by atoms with Crippen molar-refractivity contribution in [2.24, 2.45) is 11.8 Å². The van der Waals surface area contributed by atoms with Gasteiger partial charge in [0.05, 0.1) is 19.1 Å². The van der Waals surface area contributed by atoms with Gasteiger partial charge in [-0.2, -0.15) is 0 Å². The maximum atomic E-state index is 15.1. The van der Waals surface area contributed by atoms with Crippen LogP contribution in [0.2, 0.25) is 0 Å². The number of carboxylic acids is 1. The first-order chi connectivity index (χ1) is 23.2. The van der Waals surface area contributed by atoms with Crippen LogP contribution in [0.5, 0.6) is 5.75 Å². The molecule has 9 nitrogen and oxygen atoms in total. The fraction of sp³-hybridized carbons (Fsp3) is 0.622. The molecule has 2 aromatic rings. The van der Waals surface area contributed by atoms with Crippen LogP contribution < -0.4 is 9.64 Å². The molecule has 3 saturated heterocycles. The zero-order valence-corrected chi connectivity index (χ0v) is 28.0. The normalized spacial score (nSPS) is 33.3. The fourth-order valence-corrected chi connectivity index (χ4v) is 9.67. The molecule has 1 N–H and O–H groups in total. The molecule has 6 atom stereocenters. The molecule has 4 heterocycles. The third-order valence-electron chi connectivity index (χ3n) is 12.3. The van der Waals surface area contributed by atoms with Gasteiger partial charge in [-0.1, -0.05) is 24.3 Å². The van der Waals surface area contributed by atoms with Crippen molar-refractivity contribution in [1.29, 1.82) is 0 Å². The minimum absolute atomic E-state index is 0.0174. The summed E-state index contributed by atoms with van der Waals surface area (Å²) in [6.45, 7) is 2.54. The highest BCUT2D eigenvalue weighted by Gasteiger charge is 2.59. The molecule has 4 fully saturated rings. The number of alkyl halides is 2. The fourth-order valence-electron chi connectivity index (χ4n) is 9.67. The molecule has 7 rings (SSSR count). The molecule has 1 amide bonds. The molecule has 11 heteroatoms. The van der Waals surface area contributed by atoms with Crippen molar-refractivity contribution in [1.82, 2.24) is 9.80 Å². The summed E-state index contributed by atoms with van der Waals surface area (Å²) < 4.78 is 45.2. The van der Waals surface area contributed by atoms with Crippen molar-refractivity contribution in [3.05, 3.63) is 59.2 Å². The largest absolute Gasteiger partial charge is 0.497 e. The monoisotopic (exact) mass is 667 g/mol. The van der Waals surface area contributed by atoms with Crippen molar-refractivity contribution in [3.8, 4) is 5.75 Å². The number of amides is 1. The minimum atomic E-state index is -2.60. The number of nitrogens with zero attached hydrogens (tertiary/aromatic N) is 3. The van der Waals surface area contributed by atoms with Gasteiger partial charge in [-0.05, 0) is 67.9 Å². The summed E-state index contributed by atoms with van der Waals surface area (Å²) in [5.41, 5.74) is 1.57. The van der Waals surface area contributed by atoms with Crippen LogP contribution in [0.1, 0.15) is 73.5 Å². The number of methoxy groups -OCH3 is 3. The highest BCUT2D eigenvalue weighted by atomic mass is 19.3. The Morgan fingerprint density at radius 1 is 0.958 bits per heavy atom. The van der Waals surface area contributed by atoms with Crippen LogP contribution in [-0.4, -0.2) is 105 Å². The summed E-state index contributed by atoms with van der Waals surface area (Å²) in [4.78, 5) is 33.7. The van der Waals surface area contributed by atoms with E-state index in [9.17, 15) is 18.7 Å². The molecule has 1 saturated carbocycles. The van der Waals surface area contributed by atoms with Gasteiger partial charge in [0.2, 0.25) is 0 Å². The van der Waals surface area contributed by atoms with Gasteiger partial charge in [0.25, 0.3) is 12.3 Å². The number of hydrogen-bond donors (Lipinski definition) is 1. The van der Waals surface area contributed by atoms with Gasteiger partial charge in [0.1, 0.15) is 5.75 Å². The molecule has 4 aliphatic heterocycles. The Labute approximate surface area is 281 Å². The molecule has 1 aliphatic carbocycles. The zero-order valence-electron chi connectivity index (χ0n) is 28.0. The second-order valence-electron chi connectivity index (χ2n) is 14.4. The Hall–Kier alpha value is -3.28. The number of carboxylic acid groups (broad SMARTS) is 1. The van der Waals surface area contributed by atoms with Crippen molar-refractivity contribution in [2.75, 3.05) is 59.0 Å². The lowest BCUT2D eigenvalue weighted by molar-refractivity contribution is -0.154. The van der Waals surface area contributed by atoms with Crippen LogP contribution in [0.4, 0.5) is 14.5 Å². The van der Waals surface area contributed by atoms with Crippen molar-refractivity contribution in [2.45, 2.75) is 80.6 Å². The van der Waals surface area contributed by atoms with Gasteiger partial charge in [0, 0.05) is 88.0 Å². The number of ether oxygens (including phenoxy) is 3. The van der Waals surface area contributed by atoms with E-state index in [1.807, 2.05) is 35.2 Å². The van der Waals surface area contributed by atoms with Gasteiger partial charge in [0.15, 0.2) is 5.60 Å². The minimum Gasteiger partial charge on any atom is -0.497 e. The Balaban J connectivity index is 1.22. The number of anilines is 1. The second-order valence-corrected chi connectivity index (χ2v) is 14.4. The predicted octanol–water partition coefficient (Wildman–Crippen LogP) is 5.30. The van der Waals surface area contributed by atoms with E-state index >= 15 is 4.79 Å². The molecule has 0 radical (unpaired) electrons. The maximum absolute atomic E-state index is 15.1. The number of benzene rings is 2. The first-order valence-electron chi connectivity index (χ1n) is 17.3. The quantitative estimate of drug-likeness (QED) is 0.406. The van der Waals surface area contributed by atoms with Gasteiger partial charge in [-0.3, -0.25) is 14.5 Å². The molecule has 0 spiro atoms. The molecular weight excluding hydrogens is 620 g/mol. The first-order valence-corrected chi connectivity index (χ1v) is 17.3. The molecule has 2 aromatic carbocycles. The lowest BCUT2D eigenvalue weighted by atomic mass is 9.73. The third-order valence-corrected chi connectivity index (χ3v) is 12.3. The van der Waals surface area contributed by atoms with E-state index in [2.05, 4.69) is 9.80 Å². The topological polar surface area (TPSA) is 91.8 Å². The molecule has 5 aliphatic rings. The lowest BCUT2D eigenvalue weighted by Crippen LogP contribution is -2.55. The smallest absolute Gasteiger partial charge is 0.306 e. The van der Waals surface area contributed by atoms with Crippen LogP contribution in [0, 0.1) is 11.8 Å². The van der Waals surface area contributed by atoms with Crippen LogP contribution in [0.3, 0.4) is 0 Å². The van der Waals surface area contributed by atoms with Crippen molar-refractivity contribution >= 4 is 17.6 Å². The highest BCUT2D eigenvalue weighted by Crippen LogP contribution is 2.52. The van der Waals surface area contributed by atoms with E-state index < -0.39 is 23.9 Å². The number of fused-ring (bicyclic) bond motifs is 6. The average molecular weight is 668 g/mol. The van der Waals surface area contributed by atoms with E-state index in [-0.39, 0.29) is 41.4 Å². The number of piperidine rings is 1. The number of rotatable bonds is 8. The SMILES string of the molecule is COc1ccc([C@@H]2CN(C3CCC(OC)CC3)CC2(OC)C(=O)N2C[C@@H]3c4ccc(C(F)F)cc4N4CCC(C(=O)O)CC4[C@H]3C2)cc1. The van der Waals surface area contributed by atoms with Crippen molar-refractivity contribution < 1.29 is 37.7 Å². The van der Waals surface area contributed by atoms with Crippen LogP contribution >= 0.6 is 0 Å². The van der Waals surface area contributed by atoms with E-state index in [1.54, 1.807) is 27.4 Å². The van der Waals surface area contributed by atoms with E-state index in [4.69, 9.17) is 14.2 Å². The van der Waals surface area contributed by atoms with Crippen LogP contribution in [0.15, 0.2) is 42.5 Å². The van der Waals surface area contributed by atoms with Gasteiger partial charge in [-0.25, -0.2) is 8.78 Å². The number of hydrogen-bond acceptors (Lipinski definition) is 7. The van der Waals surface area contributed by atoms with Crippen LogP contribution in [0.25, 0.3) is 0 Å². The summed E-state index contributed by atoms with van der Waals surface area (Å²) in [6, 6.07) is 13.0. The van der Waals surface area contributed by atoms with E-state index in [0.717, 1.165) is 48.2 Å². The zero-order chi connectivity index (χ0) is 33.7. The van der Waals surface area contributed by atoms with Crippen molar-refractivity contribution in [3.63, 3.8) is 0 Å². The Bertz CT molecular complexity index is 1500. The Morgan fingerprint density at radius 3 is 2.35 bits per heavy atom. The lowest BCUT2D eigenvalue weighted by Gasteiger charge is -2.49. The highest BCUT2D eigenvalue weighted by molar-refractivity contribution is 5.88. The number of aliphatic carboxylic acids is 1. The molecule has 260 valence electrons. The predicted molar refractivity (Wildman–Crippen MR) is 176 cm³/mol. The second kappa shape index (κ2) is 13.2. The molecule has 0 bridgehead atoms. The molecule has 0 aromatic heterocycles. The number of carbonyl (C=O) groups excluding carboxylic acids is 1. The average Bonchev–Trinajstić information content (AvgIpc) is 3.75. The van der Waals surface area contributed by atoms with Gasteiger partial charge >= 0.3 is 5.97 Å². The van der Waals surface area contributed by atoms with E-state index in [0.29, 0.717) is 51.6 Å². The van der Waals surface area contributed by atoms with E-state index in [1.165, 1.54) is 6.07 Å². The van der Waals surface area contributed by atoms with Crippen LogP contribution in [-0.2, 0) is 19.1 Å². The summed E-state index contributed by atoms with van der Waals surface area (Å²) in [5.74, 6) is -0.956. The summed E-state index contributed by atoms with van der Waals surface area (Å²) in [6.07, 6.45) is 2.51. The van der Waals surface area contributed by atoms with Gasteiger partial charge < -0.3 is 29.1 Å². The first kappa shape index (κ1) is 33.2. The number of halogens is 2. The number of likely N-dealkylation sites (tertiary alicyclic amines) is 2. The summed E-state index contributed by atoms with van der Waals surface area (Å²) >= 11 is 0. The Morgan fingerprint density at radius 2 is 1.71 bits per heavy atom. The summed E-state index contributed by atoms with van der Waals surface area (Å²) in [7, 11) is 5.05. The maximum Gasteiger partial charge on any atom is 0.306 e. The Kier molecular flexibility index (Phi) is 9.14. The summed E-state index contributed by atoms with van der Waals surface area (Å²) in [5, 5.41) is 9.94. The standard InChI is InChI=1S/C37H47F2N3O6/c1-46-26-9-4-22(5-10-26)31-20-41(25-7-11-27(47-2)12-8-25)21-37(31,48-3)36(45)40-18-29-28-13-6-23(34(38)39)16-32(28)42-15-14-24(35(43)44)17-33(42)30(29)19-40/h4-6,9-10,13,16,24-25,27,29-31,33-34H,7-8,11-12,14-15,17-21H2,1-3H3,(H,43,44)/t24?,25?,27?,29-,30+,31+,33?,37?/m1/s1. The third kappa shape index (κ3) is 5.65. The number of carbonyl (C=O) groups is 2.